The van der Waals surface area contributed by atoms with E-state index in [1.54, 1.807) is 6.92 Å². The molecule has 0 bridgehead atoms. The zero-order chi connectivity index (χ0) is 15.1. The van der Waals surface area contributed by atoms with Gasteiger partial charge in [-0.2, -0.15) is 13.2 Å². The number of alkyl halides is 3. The molecule has 2 rings (SSSR count). The van der Waals surface area contributed by atoms with Gasteiger partial charge in [-0.05, 0) is 19.1 Å². The summed E-state index contributed by atoms with van der Waals surface area (Å²) in [6.45, 7) is 1.73. The van der Waals surface area contributed by atoms with Gasteiger partial charge in [0.15, 0.2) is 0 Å². The second-order valence-electron chi connectivity index (χ2n) is 4.01. The molecule has 1 heterocycles. The van der Waals surface area contributed by atoms with Gasteiger partial charge < -0.3 is 15.5 Å². The van der Waals surface area contributed by atoms with Gasteiger partial charge >= 0.3 is 12.1 Å². The highest BCUT2D eigenvalue weighted by atomic mass is 35.5. The number of nitrogens with one attached hydrogen (secondary N) is 1. The molecule has 0 aliphatic heterocycles. The molecule has 0 atom stereocenters. The lowest BCUT2D eigenvalue weighted by Gasteiger charge is -2.09. The second-order valence-corrected chi connectivity index (χ2v) is 4.42. The van der Waals surface area contributed by atoms with E-state index >= 15 is 0 Å². The maximum atomic E-state index is 12.7. The number of H-pyrrole nitrogens is 1. The summed E-state index contributed by atoms with van der Waals surface area (Å²) >= 11 is 5.62. The van der Waals surface area contributed by atoms with E-state index in [-0.39, 0.29) is 28.9 Å². The maximum absolute atomic E-state index is 12.7. The van der Waals surface area contributed by atoms with Gasteiger partial charge in [-0.15, -0.1) is 0 Å². The lowest BCUT2D eigenvalue weighted by atomic mass is 10.1. The molecule has 0 saturated heterocycles. The van der Waals surface area contributed by atoms with Crippen LogP contribution in [0.3, 0.4) is 0 Å². The highest BCUT2D eigenvalue weighted by Gasteiger charge is 2.34. The number of aromatic amines is 1. The Morgan fingerprint density at radius 2 is 2.10 bits per heavy atom. The number of fused-ring (bicyclic) bond motifs is 1. The number of halogens is 4. The maximum Gasteiger partial charge on any atom is 0.417 e. The van der Waals surface area contributed by atoms with Crippen molar-refractivity contribution >= 4 is 34.3 Å². The Hall–Kier alpha value is -1.89. The topological polar surface area (TPSA) is 68.1 Å². The molecule has 0 aliphatic rings. The molecular formula is C12H10ClF3N2O2. The zero-order valence-electron chi connectivity index (χ0n) is 10.3. The Bertz CT molecular complexity index is 679. The summed E-state index contributed by atoms with van der Waals surface area (Å²) in [7, 11) is 0. The first-order valence-corrected chi connectivity index (χ1v) is 5.98. The number of aromatic nitrogens is 1. The van der Waals surface area contributed by atoms with Crippen LogP contribution in [0.2, 0.25) is 5.02 Å². The molecule has 0 spiro atoms. The largest absolute Gasteiger partial charge is 0.462 e. The molecule has 108 valence electrons. The molecule has 3 N–H and O–H groups in total. The third-order valence-corrected chi connectivity index (χ3v) is 3.01. The van der Waals surface area contributed by atoms with Crippen molar-refractivity contribution in [1.82, 2.24) is 4.98 Å². The molecule has 0 unspecified atom stereocenters. The first-order valence-electron chi connectivity index (χ1n) is 5.60. The number of hydrogen-bond donors (Lipinski definition) is 2. The molecule has 8 heteroatoms. The minimum absolute atomic E-state index is 0.0162. The summed E-state index contributed by atoms with van der Waals surface area (Å²) in [5.41, 5.74) is 4.67. The number of benzene rings is 1. The monoisotopic (exact) mass is 306 g/mol. The van der Waals surface area contributed by atoms with Crippen molar-refractivity contribution < 1.29 is 22.7 Å². The number of rotatable bonds is 2. The molecule has 0 fully saturated rings. The smallest absolute Gasteiger partial charge is 0.417 e. The molecule has 1 aromatic heterocycles. The second kappa shape index (κ2) is 4.90. The van der Waals surface area contributed by atoms with E-state index in [0.29, 0.717) is 0 Å². The number of carbonyl (C=O) groups is 1. The summed E-state index contributed by atoms with van der Waals surface area (Å²) < 4.78 is 43.0. The molecule has 0 aliphatic carbocycles. The number of nitrogens with two attached hydrogens (primary N) is 1. The number of esters is 1. The van der Waals surface area contributed by atoms with Gasteiger partial charge in [0.25, 0.3) is 0 Å². The van der Waals surface area contributed by atoms with E-state index in [4.69, 9.17) is 22.1 Å². The van der Waals surface area contributed by atoms with Crippen LogP contribution in [0, 0.1) is 0 Å². The average Bonchev–Trinajstić information content (AvgIpc) is 2.62. The number of carbonyl (C=O) groups excluding carboxylic acids is 1. The van der Waals surface area contributed by atoms with Crippen LogP contribution in [0.5, 0.6) is 0 Å². The summed E-state index contributed by atoms with van der Waals surface area (Å²) in [6, 6.07) is 1.87. The summed E-state index contributed by atoms with van der Waals surface area (Å²) in [6.07, 6.45) is -4.59. The van der Waals surface area contributed by atoms with E-state index in [2.05, 4.69) is 4.98 Å². The highest BCUT2D eigenvalue weighted by Crippen LogP contribution is 2.38. The van der Waals surface area contributed by atoms with Crippen molar-refractivity contribution in [2.24, 2.45) is 0 Å². The van der Waals surface area contributed by atoms with Gasteiger partial charge in [0.2, 0.25) is 0 Å². The Kier molecular flexibility index (Phi) is 3.56. The summed E-state index contributed by atoms with van der Waals surface area (Å²) in [5.74, 6) is -0.777. The van der Waals surface area contributed by atoms with Crippen molar-refractivity contribution in [3.63, 3.8) is 0 Å². The molecular weight excluding hydrogens is 297 g/mol. The minimum atomic E-state index is -4.59. The highest BCUT2D eigenvalue weighted by molar-refractivity contribution is 6.32. The zero-order valence-corrected chi connectivity index (χ0v) is 11.0. The first kappa shape index (κ1) is 14.5. The Morgan fingerprint density at radius 1 is 1.45 bits per heavy atom. The predicted octanol–water partition coefficient (Wildman–Crippen LogP) is 3.60. The van der Waals surface area contributed by atoms with Crippen molar-refractivity contribution in [3.05, 3.63) is 28.3 Å². The van der Waals surface area contributed by atoms with E-state index in [9.17, 15) is 18.0 Å². The van der Waals surface area contributed by atoms with Crippen LogP contribution in [0.15, 0.2) is 12.1 Å². The fourth-order valence-electron chi connectivity index (χ4n) is 1.88. The number of hydrogen-bond acceptors (Lipinski definition) is 3. The van der Waals surface area contributed by atoms with Crippen LogP contribution >= 0.6 is 11.6 Å². The normalized spacial score (nSPS) is 11.8. The van der Waals surface area contributed by atoms with Gasteiger partial charge in [-0.25, -0.2) is 4.79 Å². The Labute approximate surface area is 116 Å². The minimum Gasteiger partial charge on any atom is -0.462 e. The van der Waals surface area contributed by atoms with E-state index in [0.717, 1.165) is 12.1 Å². The van der Waals surface area contributed by atoms with E-state index in [1.807, 2.05) is 0 Å². The Morgan fingerprint density at radius 3 is 2.65 bits per heavy atom. The first-order chi connectivity index (χ1) is 9.25. The van der Waals surface area contributed by atoms with Crippen LogP contribution in [0.1, 0.15) is 22.8 Å². The predicted molar refractivity (Wildman–Crippen MR) is 68.7 cm³/mol. The van der Waals surface area contributed by atoms with Crippen LogP contribution in [0.25, 0.3) is 10.9 Å². The third kappa shape index (κ3) is 2.40. The average molecular weight is 307 g/mol. The van der Waals surface area contributed by atoms with E-state index < -0.39 is 22.7 Å². The number of ether oxygens (including phenoxy) is 1. The summed E-state index contributed by atoms with van der Waals surface area (Å²) in [5, 5.41) is -0.312. The van der Waals surface area contributed by atoms with Crippen LogP contribution in [-0.4, -0.2) is 17.6 Å². The van der Waals surface area contributed by atoms with Crippen LogP contribution < -0.4 is 5.73 Å². The van der Waals surface area contributed by atoms with Crippen LogP contribution in [-0.2, 0) is 10.9 Å². The number of nitrogen functional groups attached to an aromatic ring is 1. The van der Waals surface area contributed by atoms with Gasteiger partial charge in [0.1, 0.15) is 11.4 Å². The summed E-state index contributed by atoms with van der Waals surface area (Å²) in [4.78, 5) is 14.3. The fraction of sp³-hybridized carbons (Fsp3) is 0.250. The molecule has 20 heavy (non-hydrogen) atoms. The molecule has 2 aromatic rings. The number of anilines is 1. The third-order valence-electron chi connectivity index (χ3n) is 2.70. The molecule has 1 aromatic carbocycles. The molecule has 0 amide bonds. The SMILES string of the molecule is CCOC(=O)c1c(N)[nH]c2cc(C(F)(F)F)c(Cl)cc12. The van der Waals surface area contributed by atoms with Crippen molar-refractivity contribution in [2.45, 2.75) is 13.1 Å². The molecule has 0 saturated carbocycles. The van der Waals surface area contributed by atoms with Crippen LogP contribution in [0.4, 0.5) is 19.0 Å². The van der Waals surface area contributed by atoms with Gasteiger partial charge in [-0.3, -0.25) is 0 Å². The Balaban J connectivity index is 2.67. The lowest BCUT2D eigenvalue weighted by molar-refractivity contribution is -0.137. The van der Waals surface area contributed by atoms with E-state index in [1.165, 1.54) is 0 Å². The fourth-order valence-corrected chi connectivity index (χ4v) is 2.15. The van der Waals surface area contributed by atoms with Crippen molar-refractivity contribution in [3.8, 4) is 0 Å². The molecule has 4 nitrogen and oxygen atoms in total. The molecule has 0 radical (unpaired) electrons. The lowest BCUT2D eigenvalue weighted by Crippen LogP contribution is -2.07. The van der Waals surface area contributed by atoms with Crippen molar-refractivity contribution in [2.75, 3.05) is 12.3 Å². The van der Waals surface area contributed by atoms with Gasteiger partial charge in [0, 0.05) is 10.9 Å². The van der Waals surface area contributed by atoms with Gasteiger partial charge in [0.05, 0.1) is 17.2 Å². The standard InChI is InChI=1S/C12H10ClF3N2O2/c1-2-20-11(19)9-5-3-7(13)6(12(14,15)16)4-8(5)18-10(9)17/h3-4,18H,2,17H2,1H3. The van der Waals surface area contributed by atoms with Crippen molar-refractivity contribution in [1.29, 1.82) is 0 Å². The van der Waals surface area contributed by atoms with Gasteiger partial charge in [-0.1, -0.05) is 11.6 Å². The quantitative estimate of drug-likeness (QED) is 0.833.